The molecule has 0 spiro atoms. The molecule has 2 bridgehead atoms. The van der Waals surface area contributed by atoms with E-state index >= 15 is 4.39 Å². The number of fused-ring (bicyclic) bond motifs is 4. The Labute approximate surface area is 227 Å². The number of hydrogen-bond acceptors (Lipinski definition) is 6. The lowest BCUT2D eigenvalue weighted by Crippen LogP contribution is -2.59. The van der Waals surface area contributed by atoms with Gasteiger partial charge in [0.1, 0.15) is 17.1 Å². The van der Waals surface area contributed by atoms with Gasteiger partial charge in [-0.15, -0.1) is 0 Å². The summed E-state index contributed by atoms with van der Waals surface area (Å²) in [7, 11) is 1.35. The van der Waals surface area contributed by atoms with Crippen LogP contribution in [0.15, 0.2) is 42.5 Å². The fourth-order valence-electron chi connectivity index (χ4n) is 6.22. The molecule has 208 valence electrons. The molecule has 6 rings (SSSR count). The number of phenolic OH excluding ortho intramolecular Hbond substituents is 1. The largest absolute Gasteiger partial charge is 0.508 e. The van der Waals surface area contributed by atoms with Crippen LogP contribution in [0.25, 0.3) is 32.8 Å². The number of ether oxygens (including phenoxy) is 1. The van der Waals surface area contributed by atoms with Crippen molar-refractivity contribution < 1.29 is 32.2 Å². The number of methoxy groups -OCH3 is 1. The van der Waals surface area contributed by atoms with E-state index in [2.05, 4.69) is 9.97 Å². The van der Waals surface area contributed by atoms with Crippen LogP contribution >= 0.6 is 0 Å². The Morgan fingerprint density at radius 2 is 1.80 bits per heavy atom. The molecule has 11 heteroatoms. The van der Waals surface area contributed by atoms with E-state index < -0.39 is 30.0 Å². The summed E-state index contributed by atoms with van der Waals surface area (Å²) < 4.78 is 61.3. The Morgan fingerprint density at radius 1 is 1.07 bits per heavy atom. The van der Waals surface area contributed by atoms with Crippen molar-refractivity contribution in [2.75, 3.05) is 25.1 Å². The summed E-state index contributed by atoms with van der Waals surface area (Å²) in [6.07, 6.45) is -3.37. The fraction of sp³-hybridized carbons (Fsp3) is 0.345. The van der Waals surface area contributed by atoms with Gasteiger partial charge in [-0.3, -0.25) is 4.79 Å². The molecule has 2 aliphatic rings. The SMILES string of the molecule is CCc1cccc2cc(O)cc(-c3ccc4c(N5CC6CCC(C5)N6C(=O)C(F)(F)F)nc(OC)nc4c3F)c12. The average Bonchev–Trinajstić information content (AvgIpc) is 3.19. The van der Waals surface area contributed by atoms with Crippen molar-refractivity contribution in [3.8, 4) is 22.9 Å². The van der Waals surface area contributed by atoms with Crippen LogP contribution in [0.1, 0.15) is 25.3 Å². The molecule has 40 heavy (non-hydrogen) atoms. The van der Waals surface area contributed by atoms with Crippen LogP contribution in [0.4, 0.5) is 23.4 Å². The highest BCUT2D eigenvalue weighted by atomic mass is 19.4. The number of piperazine rings is 1. The van der Waals surface area contributed by atoms with Crippen molar-refractivity contribution >= 4 is 33.4 Å². The lowest BCUT2D eigenvalue weighted by molar-refractivity contribution is -0.188. The molecule has 0 saturated carbocycles. The molecule has 7 nitrogen and oxygen atoms in total. The molecule has 2 unspecified atom stereocenters. The van der Waals surface area contributed by atoms with E-state index in [-0.39, 0.29) is 35.9 Å². The molecule has 0 radical (unpaired) electrons. The van der Waals surface area contributed by atoms with E-state index in [1.165, 1.54) is 13.2 Å². The number of nitrogens with zero attached hydrogens (tertiary/aromatic N) is 4. The molecule has 2 atom stereocenters. The van der Waals surface area contributed by atoms with Crippen LogP contribution in [0.5, 0.6) is 11.8 Å². The minimum Gasteiger partial charge on any atom is -0.508 e. The first-order chi connectivity index (χ1) is 19.1. The number of anilines is 1. The zero-order valence-corrected chi connectivity index (χ0v) is 21.8. The van der Waals surface area contributed by atoms with Crippen LogP contribution in [0.2, 0.25) is 0 Å². The highest BCUT2D eigenvalue weighted by Crippen LogP contribution is 2.41. The van der Waals surface area contributed by atoms with Crippen molar-refractivity contribution in [2.24, 2.45) is 0 Å². The Balaban J connectivity index is 1.47. The second-order valence-electron chi connectivity index (χ2n) is 10.2. The predicted molar refractivity (Wildman–Crippen MR) is 142 cm³/mol. The summed E-state index contributed by atoms with van der Waals surface area (Å²) >= 11 is 0. The van der Waals surface area contributed by atoms with Crippen LogP contribution in [0.3, 0.4) is 0 Å². The van der Waals surface area contributed by atoms with Gasteiger partial charge in [0, 0.05) is 24.0 Å². The number of rotatable bonds is 4. The third-order valence-corrected chi connectivity index (χ3v) is 7.93. The number of aryl methyl sites for hydroxylation is 1. The molecular weight excluding hydrogens is 528 g/mol. The summed E-state index contributed by atoms with van der Waals surface area (Å²) in [5, 5.41) is 12.4. The zero-order chi connectivity index (χ0) is 28.3. The first-order valence-electron chi connectivity index (χ1n) is 13.0. The van der Waals surface area contributed by atoms with Gasteiger partial charge >= 0.3 is 18.1 Å². The van der Waals surface area contributed by atoms with E-state index in [0.717, 1.165) is 21.2 Å². The topological polar surface area (TPSA) is 78.8 Å². The number of hydrogen-bond donors (Lipinski definition) is 1. The quantitative estimate of drug-likeness (QED) is 0.331. The minimum absolute atomic E-state index is 0.00189. The molecule has 2 aliphatic heterocycles. The Kier molecular flexibility index (Phi) is 6.19. The standard InChI is InChI=1S/C29H26F4N4O3/c1-3-15-5-4-6-16-11-19(38)12-22(23(15)16)20-9-10-21-25(24(20)30)34-28(40-2)35-26(21)36-13-17-7-8-18(14-36)37(17)27(39)29(31,32)33/h4-6,9-12,17-18,38H,3,7-8,13-14H2,1-2H3. The molecule has 1 N–H and O–H groups in total. The van der Waals surface area contributed by atoms with Gasteiger partial charge in [-0.05, 0) is 59.4 Å². The minimum atomic E-state index is -4.94. The molecule has 3 aromatic carbocycles. The van der Waals surface area contributed by atoms with Gasteiger partial charge in [0.15, 0.2) is 5.82 Å². The van der Waals surface area contributed by atoms with Crippen LogP contribution in [-0.2, 0) is 11.2 Å². The van der Waals surface area contributed by atoms with Gasteiger partial charge in [0.25, 0.3) is 0 Å². The highest BCUT2D eigenvalue weighted by molar-refractivity contribution is 6.03. The molecule has 4 aromatic rings. The number of carbonyl (C=O) groups excluding carboxylic acids is 1. The highest BCUT2D eigenvalue weighted by Gasteiger charge is 2.52. The molecule has 0 aliphatic carbocycles. The van der Waals surface area contributed by atoms with Crippen molar-refractivity contribution in [1.82, 2.24) is 14.9 Å². The first-order valence-corrected chi connectivity index (χ1v) is 13.0. The van der Waals surface area contributed by atoms with E-state index in [9.17, 15) is 23.1 Å². The van der Waals surface area contributed by atoms with Crippen LogP contribution in [0, 0.1) is 5.82 Å². The van der Waals surface area contributed by atoms with Crippen molar-refractivity contribution in [3.05, 3.63) is 53.8 Å². The Bertz CT molecular complexity index is 1640. The zero-order valence-electron chi connectivity index (χ0n) is 21.8. The van der Waals surface area contributed by atoms with Crippen molar-refractivity contribution in [1.29, 1.82) is 0 Å². The summed E-state index contributed by atoms with van der Waals surface area (Å²) in [5.74, 6) is -2.13. The number of amides is 1. The van der Waals surface area contributed by atoms with Crippen molar-refractivity contribution in [2.45, 2.75) is 44.4 Å². The number of carbonyl (C=O) groups is 1. The average molecular weight is 555 g/mol. The fourth-order valence-corrected chi connectivity index (χ4v) is 6.22. The van der Waals surface area contributed by atoms with Gasteiger partial charge in [0.05, 0.1) is 19.2 Å². The third-order valence-electron chi connectivity index (χ3n) is 7.93. The van der Waals surface area contributed by atoms with Gasteiger partial charge < -0.3 is 19.6 Å². The maximum atomic E-state index is 16.4. The van der Waals surface area contributed by atoms with Gasteiger partial charge in [0.2, 0.25) is 0 Å². The van der Waals surface area contributed by atoms with Crippen molar-refractivity contribution in [3.63, 3.8) is 0 Å². The third kappa shape index (κ3) is 4.15. The number of halogens is 4. The second kappa shape index (κ2) is 9.50. The van der Waals surface area contributed by atoms with E-state index in [4.69, 9.17) is 4.74 Å². The maximum Gasteiger partial charge on any atom is 0.471 e. The molecule has 3 heterocycles. The Hall–Kier alpha value is -4.15. The summed E-state index contributed by atoms with van der Waals surface area (Å²) in [6, 6.07) is 10.8. The number of aromatic nitrogens is 2. The van der Waals surface area contributed by atoms with Crippen LogP contribution < -0.4 is 9.64 Å². The lowest BCUT2D eigenvalue weighted by Gasteiger charge is -2.42. The van der Waals surface area contributed by atoms with E-state index in [1.54, 1.807) is 23.1 Å². The van der Waals surface area contributed by atoms with E-state index in [0.29, 0.717) is 36.0 Å². The molecule has 2 saturated heterocycles. The normalized spacial score (nSPS) is 19.1. The molecule has 1 amide bonds. The summed E-state index contributed by atoms with van der Waals surface area (Å²) in [4.78, 5) is 23.6. The summed E-state index contributed by atoms with van der Waals surface area (Å²) in [6.45, 7) is 2.24. The number of aromatic hydroxyl groups is 1. The van der Waals surface area contributed by atoms with E-state index in [1.807, 2.05) is 25.1 Å². The molecule has 1 aromatic heterocycles. The monoisotopic (exact) mass is 554 g/mol. The predicted octanol–water partition coefficient (Wildman–Crippen LogP) is 5.61. The Morgan fingerprint density at radius 3 is 2.45 bits per heavy atom. The smallest absolute Gasteiger partial charge is 0.471 e. The van der Waals surface area contributed by atoms with Crippen LogP contribution in [-0.4, -0.2) is 64.3 Å². The second-order valence-corrected chi connectivity index (χ2v) is 10.2. The molecular formula is C29H26F4N4O3. The number of benzene rings is 3. The first kappa shape index (κ1) is 26.1. The lowest BCUT2D eigenvalue weighted by atomic mass is 9.92. The van der Waals surface area contributed by atoms with Gasteiger partial charge in [-0.25, -0.2) is 4.39 Å². The van der Waals surface area contributed by atoms with Gasteiger partial charge in [-0.2, -0.15) is 23.1 Å². The molecule has 2 fully saturated rings. The summed E-state index contributed by atoms with van der Waals surface area (Å²) in [5.41, 5.74) is 1.74. The van der Waals surface area contributed by atoms with Gasteiger partial charge in [-0.1, -0.05) is 31.2 Å². The number of phenols is 1. The number of alkyl halides is 3. The maximum absolute atomic E-state index is 16.4.